The molecular weight excluding hydrogens is 312 g/mol. The zero-order chi connectivity index (χ0) is 17.3. The maximum atomic E-state index is 12.3. The van der Waals surface area contributed by atoms with Crippen molar-refractivity contribution in [2.45, 2.75) is 6.04 Å². The van der Waals surface area contributed by atoms with Crippen molar-refractivity contribution < 1.29 is 9.53 Å². The predicted octanol–water partition coefficient (Wildman–Crippen LogP) is 4.11. The van der Waals surface area contributed by atoms with Gasteiger partial charge < -0.3 is 15.4 Å². The van der Waals surface area contributed by atoms with Gasteiger partial charge in [0.15, 0.2) is 6.73 Å². The summed E-state index contributed by atoms with van der Waals surface area (Å²) in [6.45, 7) is 0.103. The summed E-state index contributed by atoms with van der Waals surface area (Å²) in [4.78, 5) is 12.3. The average molecular weight is 332 g/mol. The van der Waals surface area contributed by atoms with Crippen LogP contribution in [0.25, 0.3) is 0 Å². The Bertz CT molecular complexity index is 737. The molecule has 0 aromatic heterocycles. The molecule has 0 aliphatic heterocycles. The van der Waals surface area contributed by atoms with E-state index in [1.807, 2.05) is 91.0 Å². The molecule has 0 fully saturated rings. The lowest BCUT2D eigenvalue weighted by molar-refractivity contribution is 0.222. The third-order valence-electron chi connectivity index (χ3n) is 3.76. The topological polar surface area (TPSA) is 50.4 Å². The van der Waals surface area contributed by atoms with Crippen molar-refractivity contribution in [3.8, 4) is 5.75 Å². The predicted molar refractivity (Wildman–Crippen MR) is 98.3 cm³/mol. The fourth-order valence-corrected chi connectivity index (χ4v) is 2.53. The molecule has 0 radical (unpaired) electrons. The standard InChI is InChI=1S/C21H20N2O2/c24-21(22-16-25-19-14-8-3-9-15-19)23-20(17-10-4-1-5-11-17)18-12-6-2-7-13-18/h1-15,20H,16H2,(H2,22,23,24). The smallest absolute Gasteiger partial charge is 0.318 e. The van der Waals surface area contributed by atoms with E-state index in [2.05, 4.69) is 10.6 Å². The summed E-state index contributed by atoms with van der Waals surface area (Å²) >= 11 is 0. The molecule has 126 valence electrons. The zero-order valence-corrected chi connectivity index (χ0v) is 13.8. The van der Waals surface area contributed by atoms with Gasteiger partial charge in [0.1, 0.15) is 5.75 Å². The molecule has 0 heterocycles. The molecule has 4 nitrogen and oxygen atoms in total. The molecule has 2 N–H and O–H groups in total. The van der Waals surface area contributed by atoms with Gasteiger partial charge in [-0.1, -0.05) is 78.9 Å². The molecule has 0 aliphatic rings. The number of amides is 2. The van der Waals surface area contributed by atoms with Crippen LogP contribution in [0.15, 0.2) is 91.0 Å². The third-order valence-corrected chi connectivity index (χ3v) is 3.76. The molecule has 0 bridgehead atoms. The molecular formula is C21H20N2O2. The van der Waals surface area contributed by atoms with Gasteiger partial charge in [-0.2, -0.15) is 0 Å². The van der Waals surface area contributed by atoms with E-state index in [1.165, 1.54) is 0 Å². The summed E-state index contributed by atoms with van der Waals surface area (Å²) in [5.74, 6) is 0.713. The SMILES string of the molecule is O=C(NCOc1ccccc1)NC(c1ccccc1)c1ccccc1. The van der Waals surface area contributed by atoms with Gasteiger partial charge in [-0.15, -0.1) is 0 Å². The number of hydrogen-bond donors (Lipinski definition) is 2. The van der Waals surface area contributed by atoms with Crippen LogP contribution in [0.2, 0.25) is 0 Å². The summed E-state index contributed by atoms with van der Waals surface area (Å²) in [7, 11) is 0. The Labute approximate surface area is 147 Å². The van der Waals surface area contributed by atoms with Crippen LogP contribution in [-0.2, 0) is 0 Å². The highest BCUT2D eigenvalue weighted by Gasteiger charge is 2.16. The maximum Gasteiger partial charge on any atom is 0.318 e. The molecule has 0 saturated carbocycles. The largest absolute Gasteiger partial charge is 0.473 e. The molecule has 3 rings (SSSR count). The molecule has 25 heavy (non-hydrogen) atoms. The monoisotopic (exact) mass is 332 g/mol. The molecule has 4 heteroatoms. The number of hydrogen-bond acceptors (Lipinski definition) is 2. The minimum Gasteiger partial charge on any atom is -0.473 e. The number of nitrogens with one attached hydrogen (secondary N) is 2. The fraction of sp³-hybridized carbons (Fsp3) is 0.0952. The van der Waals surface area contributed by atoms with E-state index in [9.17, 15) is 4.79 Å². The van der Waals surface area contributed by atoms with Gasteiger partial charge in [0.25, 0.3) is 0 Å². The van der Waals surface area contributed by atoms with Crippen molar-refractivity contribution in [3.63, 3.8) is 0 Å². The Morgan fingerprint density at radius 1 is 0.760 bits per heavy atom. The maximum absolute atomic E-state index is 12.3. The van der Waals surface area contributed by atoms with E-state index in [0.717, 1.165) is 11.1 Å². The Kier molecular flexibility index (Phi) is 5.67. The first kappa shape index (κ1) is 16.6. The van der Waals surface area contributed by atoms with Gasteiger partial charge in [0, 0.05) is 0 Å². The minimum absolute atomic E-state index is 0.103. The third kappa shape index (κ3) is 4.85. The van der Waals surface area contributed by atoms with E-state index in [-0.39, 0.29) is 18.8 Å². The molecule has 0 atom stereocenters. The first-order chi connectivity index (χ1) is 12.3. The fourth-order valence-electron chi connectivity index (χ4n) is 2.53. The number of carbonyl (C=O) groups excluding carboxylic acids is 1. The molecule has 0 saturated heterocycles. The molecule has 3 aromatic rings. The second-order valence-corrected chi connectivity index (χ2v) is 5.51. The Morgan fingerprint density at radius 2 is 1.24 bits per heavy atom. The van der Waals surface area contributed by atoms with Crippen LogP contribution in [0.5, 0.6) is 5.75 Å². The highest BCUT2D eigenvalue weighted by molar-refractivity contribution is 5.74. The van der Waals surface area contributed by atoms with Gasteiger partial charge in [-0.25, -0.2) is 4.79 Å². The van der Waals surface area contributed by atoms with Crippen LogP contribution in [0.1, 0.15) is 17.2 Å². The van der Waals surface area contributed by atoms with Gasteiger partial charge in [-0.3, -0.25) is 0 Å². The summed E-state index contributed by atoms with van der Waals surface area (Å²) in [6, 6.07) is 28.6. The van der Waals surface area contributed by atoms with Crippen LogP contribution in [-0.4, -0.2) is 12.8 Å². The van der Waals surface area contributed by atoms with E-state index in [0.29, 0.717) is 5.75 Å². The summed E-state index contributed by atoms with van der Waals surface area (Å²) in [5, 5.41) is 5.73. The van der Waals surface area contributed by atoms with Crippen LogP contribution in [0.3, 0.4) is 0 Å². The number of carbonyl (C=O) groups is 1. The van der Waals surface area contributed by atoms with Gasteiger partial charge >= 0.3 is 6.03 Å². The molecule has 0 aliphatic carbocycles. The number of urea groups is 1. The van der Waals surface area contributed by atoms with E-state index in [1.54, 1.807) is 0 Å². The van der Waals surface area contributed by atoms with Crippen LogP contribution in [0, 0.1) is 0 Å². The van der Waals surface area contributed by atoms with E-state index < -0.39 is 0 Å². The normalized spacial score (nSPS) is 10.3. The average Bonchev–Trinajstić information content (AvgIpc) is 2.68. The Hall–Kier alpha value is -3.27. The van der Waals surface area contributed by atoms with Gasteiger partial charge in [0.05, 0.1) is 6.04 Å². The quantitative estimate of drug-likeness (QED) is 0.667. The zero-order valence-electron chi connectivity index (χ0n) is 13.8. The molecule has 3 aromatic carbocycles. The summed E-state index contributed by atoms with van der Waals surface area (Å²) < 4.78 is 5.50. The second kappa shape index (κ2) is 8.55. The first-order valence-electron chi connectivity index (χ1n) is 8.15. The van der Waals surface area contributed by atoms with Crippen LogP contribution >= 0.6 is 0 Å². The van der Waals surface area contributed by atoms with E-state index >= 15 is 0 Å². The number of benzene rings is 3. The second-order valence-electron chi connectivity index (χ2n) is 5.51. The molecule has 2 amide bonds. The van der Waals surface area contributed by atoms with Crippen molar-refractivity contribution in [2.75, 3.05) is 6.73 Å². The lowest BCUT2D eigenvalue weighted by Gasteiger charge is -2.20. The van der Waals surface area contributed by atoms with Gasteiger partial charge in [-0.05, 0) is 23.3 Å². The van der Waals surface area contributed by atoms with Crippen molar-refractivity contribution in [3.05, 3.63) is 102 Å². The lowest BCUT2D eigenvalue weighted by atomic mass is 9.99. The number of rotatable bonds is 6. The van der Waals surface area contributed by atoms with Gasteiger partial charge in [0.2, 0.25) is 0 Å². The molecule has 0 unspecified atom stereocenters. The number of ether oxygens (including phenoxy) is 1. The number of para-hydroxylation sites is 1. The highest BCUT2D eigenvalue weighted by atomic mass is 16.5. The summed E-state index contributed by atoms with van der Waals surface area (Å²) in [6.07, 6.45) is 0. The summed E-state index contributed by atoms with van der Waals surface area (Å²) in [5.41, 5.74) is 2.04. The lowest BCUT2D eigenvalue weighted by Crippen LogP contribution is -2.40. The van der Waals surface area contributed by atoms with Crippen molar-refractivity contribution in [1.29, 1.82) is 0 Å². The van der Waals surface area contributed by atoms with Crippen molar-refractivity contribution in [2.24, 2.45) is 0 Å². The van der Waals surface area contributed by atoms with Crippen LogP contribution in [0.4, 0.5) is 4.79 Å². The minimum atomic E-state index is -0.284. The Balaban J connectivity index is 1.63. The van der Waals surface area contributed by atoms with Crippen molar-refractivity contribution in [1.82, 2.24) is 10.6 Å². The Morgan fingerprint density at radius 3 is 1.76 bits per heavy atom. The highest BCUT2D eigenvalue weighted by Crippen LogP contribution is 2.21. The van der Waals surface area contributed by atoms with E-state index in [4.69, 9.17) is 4.74 Å². The first-order valence-corrected chi connectivity index (χ1v) is 8.15. The van der Waals surface area contributed by atoms with Crippen molar-refractivity contribution >= 4 is 6.03 Å². The molecule has 0 spiro atoms. The van der Waals surface area contributed by atoms with Crippen LogP contribution < -0.4 is 15.4 Å².